The van der Waals surface area contributed by atoms with E-state index in [9.17, 15) is 19.5 Å². The smallest absolute Gasteiger partial charge is 0.324 e. The minimum Gasteiger partial charge on any atom is -0.480 e. The first-order chi connectivity index (χ1) is 15.4. The Labute approximate surface area is 185 Å². The molecule has 32 heavy (non-hydrogen) atoms. The predicted octanol–water partition coefficient (Wildman–Crippen LogP) is 3.70. The molecule has 3 aromatic rings. The number of aliphatic carboxylic acids is 1. The van der Waals surface area contributed by atoms with E-state index in [1.807, 2.05) is 61.5 Å². The second-order valence-electron chi connectivity index (χ2n) is 8.73. The van der Waals surface area contributed by atoms with E-state index in [0.717, 1.165) is 28.3 Å². The summed E-state index contributed by atoms with van der Waals surface area (Å²) in [6.07, 6.45) is 0.845. The van der Waals surface area contributed by atoms with Crippen LogP contribution < -0.4 is 10.2 Å². The summed E-state index contributed by atoms with van der Waals surface area (Å²) in [5, 5.41) is 15.2. The lowest BCUT2D eigenvalue weighted by Gasteiger charge is -2.27. The van der Waals surface area contributed by atoms with E-state index in [4.69, 9.17) is 0 Å². The van der Waals surface area contributed by atoms with Crippen LogP contribution in [0.25, 0.3) is 10.8 Å². The van der Waals surface area contributed by atoms with Crippen molar-refractivity contribution < 1.29 is 19.5 Å². The number of carboxylic acids is 1. The number of hydrogen-bond donors (Lipinski definition) is 2. The van der Waals surface area contributed by atoms with Crippen molar-refractivity contribution in [1.82, 2.24) is 5.32 Å². The Balaban J connectivity index is 1.65. The molecule has 6 nitrogen and oxygen atoms in total. The van der Waals surface area contributed by atoms with Gasteiger partial charge in [0.2, 0.25) is 11.8 Å². The van der Waals surface area contributed by atoms with E-state index in [2.05, 4.69) is 5.32 Å². The molecule has 0 spiro atoms. The molecule has 0 aliphatic carbocycles. The Morgan fingerprint density at radius 1 is 1.00 bits per heavy atom. The summed E-state index contributed by atoms with van der Waals surface area (Å²) in [5.41, 5.74) is 0.846. The van der Waals surface area contributed by atoms with Crippen LogP contribution in [-0.4, -0.2) is 28.4 Å². The van der Waals surface area contributed by atoms with Crippen molar-refractivity contribution in [2.75, 3.05) is 4.90 Å². The number of hydrogen-bond acceptors (Lipinski definition) is 4. The van der Waals surface area contributed by atoms with Crippen LogP contribution in [0.5, 0.6) is 0 Å². The number of nitrogens with zero attached hydrogens (tertiary/aromatic N) is 1. The van der Waals surface area contributed by atoms with Crippen LogP contribution in [0.2, 0.25) is 0 Å². The maximum atomic E-state index is 13.7. The van der Waals surface area contributed by atoms with Gasteiger partial charge < -0.3 is 5.11 Å². The molecule has 2 aliphatic heterocycles. The van der Waals surface area contributed by atoms with Crippen LogP contribution in [0.15, 0.2) is 66.7 Å². The van der Waals surface area contributed by atoms with Gasteiger partial charge in [-0.25, -0.2) is 4.90 Å². The molecule has 3 aromatic carbocycles. The van der Waals surface area contributed by atoms with Gasteiger partial charge in [0.25, 0.3) is 0 Å². The highest BCUT2D eigenvalue weighted by atomic mass is 16.4. The van der Waals surface area contributed by atoms with E-state index in [1.54, 1.807) is 12.1 Å². The Morgan fingerprint density at radius 3 is 2.38 bits per heavy atom. The number of fused-ring (bicyclic) bond motifs is 2. The summed E-state index contributed by atoms with van der Waals surface area (Å²) >= 11 is 0. The Kier molecular flexibility index (Phi) is 4.64. The largest absolute Gasteiger partial charge is 0.480 e. The van der Waals surface area contributed by atoms with Gasteiger partial charge in [-0.05, 0) is 47.4 Å². The molecule has 2 saturated heterocycles. The molecular weight excluding hydrogens is 404 g/mol. The highest BCUT2D eigenvalue weighted by molar-refractivity contribution is 6.24. The standard InChI is InChI=1S/C26H24N2O4/c1-3-15-11-13-17(14-12-15)28-23(29)20-21(24(28)30)26(2,25(31)32)27-22(20)19-10-6-8-16-7-4-5-9-18(16)19/h4-14,20-22,27H,3H2,1-2H3,(H,31,32). The number of anilines is 1. The fraction of sp³-hybridized carbons (Fsp3) is 0.269. The molecular formula is C26H24N2O4. The highest BCUT2D eigenvalue weighted by Crippen LogP contribution is 2.50. The number of nitrogens with one attached hydrogen (secondary N) is 1. The predicted molar refractivity (Wildman–Crippen MR) is 121 cm³/mol. The summed E-state index contributed by atoms with van der Waals surface area (Å²) in [7, 11) is 0. The molecule has 0 saturated carbocycles. The van der Waals surface area contributed by atoms with Crippen molar-refractivity contribution >= 4 is 34.2 Å². The van der Waals surface area contributed by atoms with Crippen LogP contribution in [0, 0.1) is 11.8 Å². The molecule has 2 fully saturated rings. The van der Waals surface area contributed by atoms with E-state index in [1.165, 1.54) is 11.8 Å². The van der Waals surface area contributed by atoms with E-state index < -0.39 is 35.3 Å². The third-order valence-corrected chi connectivity index (χ3v) is 6.99. The van der Waals surface area contributed by atoms with Gasteiger partial charge in [-0.3, -0.25) is 19.7 Å². The first kappa shape index (κ1) is 20.4. The minimum atomic E-state index is -1.56. The topological polar surface area (TPSA) is 86.7 Å². The normalized spacial score (nSPS) is 27.2. The molecule has 162 valence electrons. The van der Waals surface area contributed by atoms with Crippen LogP contribution in [0.3, 0.4) is 0 Å². The fourth-order valence-corrected chi connectivity index (χ4v) is 5.26. The summed E-state index contributed by atoms with van der Waals surface area (Å²) in [5.74, 6) is -3.77. The van der Waals surface area contributed by atoms with Crippen LogP contribution >= 0.6 is 0 Å². The van der Waals surface area contributed by atoms with Crippen molar-refractivity contribution in [3.05, 3.63) is 77.9 Å². The summed E-state index contributed by atoms with van der Waals surface area (Å²) in [6, 6.07) is 20.3. The Hall–Kier alpha value is -3.51. The molecule has 5 rings (SSSR count). The Bertz CT molecular complexity index is 1250. The second kappa shape index (κ2) is 7.28. The van der Waals surface area contributed by atoms with Crippen molar-refractivity contribution in [3.8, 4) is 0 Å². The zero-order valence-electron chi connectivity index (χ0n) is 17.9. The molecule has 4 atom stereocenters. The van der Waals surface area contributed by atoms with Gasteiger partial charge >= 0.3 is 5.97 Å². The average molecular weight is 428 g/mol. The number of imide groups is 1. The molecule has 2 amide bonds. The highest BCUT2D eigenvalue weighted by Gasteiger charge is 2.67. The monoisotopic (exact) mass is 428 g/mol. The molecule has 4 unspecified atom stereocenters. The van der Waals surface area contributed by atoms with E-state index >= 15 is 0 Å². The lowest BCUT2D eigenvalue weighted by atomic mass is 9.80. The molecule has 0 bridgehead atoms. The summed E-state index contributed by atoms with van der Waals surface area (Å²) in [4.78, 5) is 40.7. The number of aryl methyl sites for hydroxylation is 1. The van der Waals surface area contributed by atoms with Gasteiger partial charge in [-0.1, -0.05) is 61.5 Å². The van der Waals surface area contributed by atoms with Crippen molar-refractivity contribution in [2.45, 2.75) is 31.8 Å². The SMILES string of the molecule is CCc1ccc(N2C(=O)C3C(c4cccc5ccccc45)NC(C)(C(=O)O)C3C2=O)cc1. The van der Waals surface area contributed by atoms with Gasteiger partial charge in [-0.2, -0.15) is 0 Å². The first-order valence-electron chi connectivity index (χ1n) is 10.8. The molecule has 0 aromatic heterocycles. The number of rotatable bonds is 4. The molecule has 2 aliphatic rings. The van der Waals surface area contributed by atoms with Gasteiger partial charge in [0.05, 0.1) is 17.5 Å². The number of amides is 2. The lowest BCUT2D eigenvalue weighted by Crippen LogP contribution is -2.53. The van der Waals surface area contributed by atoms with Gasteiger partial charge in [0.15, 0.2) is 0 Å². The van der Waals surface area contributed by atoms with Gasteiger partial charge in [-0.15, -0.1) is 0 Å². The van der Waals surface area contributed by atoms with Crippen LogP contribution in [-0.2, 0) is 20.8 Å². The van der Waals surface area contributed by atoms with Crippen LogP contribution in [0.1, 0.15) is 31.0 Å². The number of carbonyl (C=O) groups excluding carboxylic acids is 2. The van der Waals surface area contributed by atoms with E-state index in [-0.39, 0.29) is 5.91 Å². The molecule has 2 N–H and O–H groups in total. The quantitative estimate of drug-likeness (QED) is 0.619. The van der Waals surface area contributed by atoms with Gasteiger partial charge in [0.1, 0.15) is 5.54 Å². The maximum Gasteiger partial charge on any atom is 0.324 e. The van der Waals surface area contributed by atoms with Crippen molar-refractivity contribution in [3.63, 3.8) is 0 Å². The maximum absolute atomic E-state index is 13.7. The zero-order chi connectivity index (χ0) is 22.6. The average Bonchev–Trinajstić information content (AvgIpc) is 3.27. The fourth-order valence-electron chi connectivity index (χ4n) is 5.26. The van der Waals surface area contributed by atoms with Crippen LogP contribution in [0.4, 0.5) is 5.69 Å². The number of benzene rings is 3. The zero-order valence-corrected chi connectivity index (χ0v) is 17.9. The molecule has 2 heterocycles. The summed E-state index contributed by atoms with van der Waals surface area (Å²) in [6.45, 7) is 3.54. The molecule has 0 radical (unpaired) electrons. The third kappa shape index (κ3) is 2.79. The van der Waals surface area contributed by atoms with E-state index in [0.29, 0.717) is 5.69 Å². The van der Waals surface area contributed by atoms with Crippen molar-refractivity contribution in [2.24, 2.45) is 11.8 Å². The molecule has 6 heteroatoms. The van der Waals surface area contributed by atoms with Crippen molar-refractivity contribution in [1.29, 1.82) is 0 Å². The summed E-state index contributed by atoms with van der Waals surface area (Å²) < 4.78 is 0. The number of carbonyl (C=O) groups is 3. The number of carboxylic acid groups (broad SMARTS) is 1. The Morgan fingerprint density at radius 2 is 1.69 bits per heavy atom. The van der Waals surface area contributed by atoms with Gasteiger partial charge in [0, 0.05) is 6.04 Å². The second-order valence-corrected chi connectivity index (χ2v) is 8.73. The lowest BCUT2D eigenvalue weighted by molar-refractivity contribution is -0.147. The third-order valence-electron chi connectivity index (χ3n) is 6.99. The first-order valence-corrected chi connectivity index (χ1v) is 10.8. The minimum absolute atomic E-state index is 0.361.